The van der Waals surface area contributed by atoms with Crippen LogP contribution in [0.5, 0.6) is 0 Å². The second-order valence-electron chi connectivity index (χ2n) is 2.78. The number of nitrogens with two attached hydrogens (primary N) is 1. The van der Waals surface area contributed by atoms with E-state index in [1.807, 2.05) is 0 Å². The van der Waals surface area contributed by atoms with E-state index in [0.717, 1.165) is 7.11 Å². The van der Waals surface area contributed by atoms with Crippen LogP contribution >= 0.6 is 0 Å². The molecule has 0 aromatic carbocycles. The minimum atomic E-state index is -2.57. The number of nitrogens with zero attached hydrogens (tertiary/aromatic N) is 2. The van der Waals surface area contributed by atoms with Crippen molar-refractivity contribution in [3.63, 3.8) is 0 Å². The third kappa shape index (κ3) is 2.69. The first kappa shape index (κ1) is 11.5. The number of nitrogens with one attached hydrogen (secondary N) is 1. The van der Waals surface area contributed by atoms with Crippen molar-refractivity contribution in [3.8, 4) is 0 Å². The van der Waals surface area contributed by atoms with E-state index in [1.54, 1.807) is 0 Å². The Morgan fingerprint density at radius 1 is 1.60 bits per heavy atom. The summed E-state index contributed by atoms with van der Waals surface area (Å²) in [5.41, 5.74) is 5.25. The van der Waals surface area contributed by atoms with Crippen molar-refractivity contribution in [2.75, 3.05) is 7.11 Å². The molecule has 15 heavy (non-hydrogen) atoms. The van der Waals surface area contributed by atoms with Crippen molar-refractivity contribution in [1.29, 1.82) is 0 Å². The number of rotatable bonds is 4. The fourth-order valence-corrected chi connectivity index (χ4v) is 1.05. The largest absolute Gasteiger partial charge is 0.464 e. The maximum Gasteiger partial charge on any atom is 0.360 e. The van der Waals surface area contributed by atoms with E-state index >= 15 is 0 Å². The van der Waals surface area contributed by atoms with Crippen molar-refractivity contribution in [2.45, 2.75) is 18.9 Å². The van der Waals surface area contributed by atoms with Gasteiger partial charge in [-0.25, -0.2) is 13.6 Å². The van der Waals surface area contributed by atoms with Crippen LogP contribution in [0.1, 0.15) is 28.6 Å². The van der Waals surface area contributed by atoms with E-state index in [9.17, 15) is 13.6 Å². The molecule has 0 bridgehead atoms. The molecule has 1 aromatic rings. The predicted molar refractivity (Wildman–Crippen MR) is 45.3 cm³/mol. The van der Waals surface area contributed by atoms with E-state index in [4.69, 9.17) is 5.73 Å². The Kier molecular flexibility index (Phi) is 3.67. The summed E-state index contributed by atoms with van der Waals surface area (Å²) in [5, 5.41) is 9.16. The van der Waals surface area contributed by atoms with Gasteiger partial charge in [-0.3, -0.25) is 0 Å². The second kappa shape index (κ2) is 4.78. The van der Waals surface area contributed by atoms with Gasteiger partial charge in [-0.05, 0) is 0 Å². The number of H-pyrrole nitrogens is 1. The summed E-state index contributed by atoms with van der Waals surface area (Å²) < 4.78 is 28.5. The molecule has 0 amide bonds. The van der Waals surface area contributed by atoms with Gasteiger partial charge in [0, 0.05) is 6.42 Å². The van der Waals surface area contributed by atoms with E-state index < -0.39 is 24.9 Å². The average Bonchev–Trinajstić information content (AvgIpc) is 2.63. The highest BCUT2D eigenvalue weighted by molar-refractivity contribution is 5.88. The lowest BCUT2D eigenvalue weighted by atomic mass is 10.1. The van der Waals surface area contributed by atoms with Crippen LogP contribution in [0.3, 0.4) is 0 Å². The van der Waals surface area contributed by atoms with Crippen molar-refractivity contribution in [3.05, 3.63) is 11.4 Å². The molecule has 1 unspecified atom stereocenters. The minimum absolute atomic E-state index is 0.0119. The molecule has 0 aliphatic rings. The number of alkyl halides is 2. The molecule has 0 aliphatic heterocycles. The molecule has 3 N–H and O–H groups in total. The highest BCUT2D eigenvalue weighted by Crippen LogP contribution is 2.18. The minimum Gasteiger partial charge on any atom is -0.464 e. The Labute approximate surface area is 83.8 Å². The number of carbonyl (C=O) groups is 1. The fourth-order valence-electron chi connectivity index (χ4n) is 1.05. The van der Waals surface area contributed by atoms with Gasteiger partial charge in [0.05, 0.1) is 13.2 Å². The van der Waals surface area contributed by atoms with Gasteiger partial charge in [0.1, 0.15) is 5.69 Å². The van der Waals surface area contributed by atoms with Crippen LogP contribution in [0.15, 0.2) is 0 Å². The Balaban J connectivity index is 2.84. The monoisotopic (exact) mass is 220 g/mol. The molecule has 6 nitrogen and oxygen atoms in total. The summed E-state index contributed by atoms with van der Waals surface area (Å²) in [5.74, 6) is -0.761. The van der Waals surface area contributed by atoms with Gasteiger partial charge in [-0.2, -0.15) is 10.3 Å². The van der Waals surface area contributed by atoms with Gasteiger partial charge in [0.15, 0.2) is 5.69 Å². The molecular formula is C7H10F2N4O2. The third-order valence-corrected chi connectivity index (χ3v) is 1.74. The SMILES string of the molecule is COC(=O)c1n[nH]nc1C(N)CC(F)F. The molecule has 0 radical (unpaired) electrons. The first-order chi connectivity index (χ1) is 7.06. The highest BCUT2D eigenvalue weighted by atomic mass is 19.3. The zero-order chi connectivity index (χ0) is 11.4. The summed E-state index contributed by atoms with van der Waals surface area (Å²) in [6, 6.07) is -1.04. The molecule has 0 aliphatic carbocycles. The van der Waals surface area contributed by atoms with Crippen LogP contribution in [0.4, 0.5) is 8.78 Å². The van der Waals surface area contributed by atoms with Gasteiger partial charge >= 0.3 is 5.97 Å². The van der Waals surface area contributed by atoms with Crippen LogP contribution in [-0.4, -0.2) is 34.9 Å². The molecule has 0 fully saturated rings. The van der Waals surface area contributed by atoms with E-state index in [0.29, 0.717) is 0 Å². The Hall–Kier alpha value is -1.57. The van der Waals surface area contributed by atoms with Gasteiger partial charge in [-0.15, -0.1) is 5.10 Å². The molecule has 1 aromatic heterocycles. The van der Waals surface area contributed by atoms with Crippen LogP contribution in [0.2, 0.25) is 0 Å². The molecular weight excluding hydrogens is 210 g/mol. The van der Waals surface area contributed by atoms with Gasteiger partial charge in [0.25, 0.3) is 0 Å². The third-order valence-electron chi connectivity index (χ3n) is 1.74. The first-order valence-electron chi connectivity index (χ1n) is 4.09. The lowest BCUT2D eigenvalue weighted by Gasteiger charge is -2.08. The summed E-state index contributed by atoms with van der Waals surface area (Å²) in [6.07, 6.45) is -3.15. The molecule has 0 spiro atoms. The van der Waals surface area contributed by atoms with Gasteiger partial charge < -0.3 is 10.5 Å². The Bertz CT molecular complexity index is 341. The maximum atomic E-state index is 12.0. The lowest BCUT2D eigenvalue weighted by molar-refractivity contribution is 0.0590. The summed E-state index contributed by atoms with van der Waals surface area (Å²) in [7, 11) is 1.15. The number of aromatic amines is 1. The van der Waals surface area contributed by atoms with E-state index in [1.165, 1.54) is 0 Å². The van der Waals surface area contributed by atoms with Crippen molar-refractivity contribution >= 4 is 5.97 Å². The molecule has 0 saturated carbocycles. The van der Waals surface area contributed by atoms with E-state index in [-0.39, 0.29) is 11.4 Å². The predicted octanol–water partition coefficient (Wildman–Crippen LogP) is 0.246. The Morgan fingerprint density at radius 2 is 2.27 bits per heavy atom. The molecule has 1 rings (SSSR count). The summed E-state index contributed by atoms with van der Waals surface area (Å²) in [6.45, 7) is 0. The van der Waals surface area contributed by atoms with Crippen LogP contribution in [-0.2, 0) is 4.74 Å². The lowest BCUT2D eigenvalue weighted by Crippen LogP contribution is -2.18. The number of methoxy groups -OCH3 is 1. The number of aromatic nitrogens is 3. The standard InChI is InChI=1S/C7H10F2N4O2/c1-15-7(14)6-5(11-13-12-6)3(10)2-4(8)9/h3-4H,2,10H2,1H3,(H,11,12,13). The van der Waals surface area contributed by atoms with E-state index in [2.05, 4.69) is 20.1 Å². The number of halogens is 2. The van der Waals surface area contributed by atoms with Crippen LogP contribution < -0.4 is 5.73 Å². The molecule has 1 atom stereocenters. The molecule has 1 heterocycles. The molecule has 8 heteroatoms. The number of hydrogen-bond acceptors (Lipinski definition) is 5. The quantitative estimate of drug-likeness (QED) is 0.709. The smallest absolute Gasteiger partial charge is 0.360 e. The molecule has 84 valence electrons. The summed E-state index contributed by atoms with van der Waals surface area (Å²) >= 11 is 0. The van der Waals surface area contributed by atoms with Gasteiger partial charge in [0.2, 0.25) is 6.43 Å². The average molecular weight is 220 g/mol. The maximum absolute atomic E-state index is 12.0. The van der Waals surface area contributed by atoms with Crippen molar-refractivity contribution in [1.82, 2.24) is 15.4 Å². The van der Waals surface area contributed by atoms with Crippen molar-refractivity contribution in [2.24, 2.45) is 5.73 Å². The zero-order valence-electron chi connectivity index (χ0n) is 7.91. The Morgan fingerprint density at radius 3 is 2.80 bits per heavy atom. The first-order valence-corrected chi connectivity index (χ1v) is 4.09. The topological polar surface area (TPSA) is 93.9 Å². The fraction of sp³-hybridized carbons (Fsp3) is 0.571. The number of ether oxygens (including phenoxy) is 1. The van der Waals surface area contributed by atoms with Crippen LogP contribution in [0, 0.1) is 0 Å². The van der Waals surface area contributed by atoms with Crippen LogP contribution in [0.25, 0.3) is 0 Å². The van der Waals surface area contributed by atoms with Crippen molar-refractivity contribution < 1.29 is 18.3 Å². The number of carbonyl (C=O) groups excluding carboxylic acids is 1. The second-order valence-corrected chi connectivity index (χ2v) is 2.78. The number of hydrogen-bond donors (Lipinski definition) is 2. The molecule has 0 saturated heterocycles. The summed E-state index contributed by atoms with van der Waals surface area (Å²) in [4.78, 5) is 11.1. The highest BCUT2D eigenvalue weighted by Gasteiger charge is 2.24. The zero-order valence-corrected chi connectivity index (χ0v) is 7.91. The number of esters is 1. The normalized spacial score (nSPS) is 12.9. The van der Waals surface area contributed by atoms with Gasteiger partial charge in [-0.1, -0.05) is 0 Å².